The third-order valence-electron chi connectivity index (χ3n) is 6.23. The fraction of sp³-hybridized carbons (Fsp3) is 0.476. The molecule has 0 radical (unpaired) electrons. The van der Waals surface area contributed by atoms with E-state index in [0.29, 0.717) is 17.5 Å². The summed E-state index contributed by atoms with van der Waals surface area (Å²) in [7, 11) is 1.80. The summed E-state index contributed by atoms with van der Waals surface area (Å²) in [5, 5.41) is 0. The number of nitrogens with zero attached hydrogens (tertiary/aromatic N) is 3. The predicted octanol–water partition coefficient (Wildman–Crippen LogP) is 2.77. The van der Waals surface area contributed by atoms with Gasteiger partial charge >= 0.3 is 0 Å². The van der Waals surface area contributed by atoms with Crippen LogP contribution in [0.5, 0.6) is 0 Å². The molecule has 2 N–H and O–H groups in total. The van der Waals surface area contributed by atoms with Crippen molar-refractivity contribution >= 4 is 18.3 Å². The lowest BCUT2D eigenvalue weighted by Crippen LogP contribution is -2.58. The van der Waals surface area contributed by atoms with Crippen LogP contribution in [-0.4, -0.2) is 41.0 Å². The summed E-state index contributed by atoms with van der Waals surface area (Å²) < 4.78 is 6.25. The van der Waals surface area contributed by atoms with Crippen LogP contribution in [0.15, 0.2) is 42.9 Å². The van der Waals surface area contributed by atoms with Crippen molar-refractivity contribution < 1.29 is 9.53 Å². The molecule has 1 amide bonds. The Morgan fingerprint density at radius 3 is 2.50 bits per heavy atom. The van der Waals surface area contributed by atoms with Crippen molar-refractivity contribution in [1.29, 1.82) is 0 Å². The number of primary amides is 1. The highest BCUT2D eigenvalue weighted by molar-refractivity contribution is 5.90. The number of carbonyl (C=O) groups is 1. The van der Waals surface area contributed by atoms with Crippen LogP contribution in [0.1, 0.15) is 40.9 Å². The lowest BCUT2D eigenvalue weighted by molar-refractivity contribution is -0.170. The number of carbonyl (C=O) groups excluding carboxylic acids is 1. The molecule has 28 heavy (non-hydrogen) atoms. The summed E-state index contributed by atoms with van der Waals surface area (Å²) in [5.74, 6) is 0.253. The lowest BCUT2D eigenvalue weighted by atomic mass is 9.62. The van der Waals surface area contributed by atoms with Gasteiger partial charge in [-0.25, -0.2) is 0 Å². The molecule has 0 unspecified atom stereocenters. The first-order valence-corrected chi connectivity index (χ1v) is 9.56. The van der Waals surface area contributed by atoms with Gasteiger partial charge < -0.3 is 10.5 Å². The molecule has 0 spiro atoms. The highest BCUT2D eigenvalue weighted by Crippen LogP contribution is 2.51. The minimum Gasteiger partial charge on any atom is -0.373 e. The first-order chi connectivity index (χ1) is 13.1. The molecule has 2 aromatic heterocycles. The standard InChI is InChI=1S/C21H26N4O2.ClH/c1-27-21(16-7-10-24-19(11-16)20(22)26)17-3-2-4-18(21)14-25(13-17)12-15-5-8-23-9-6-15;/h5-11,17-18H,2-4,12-14H2,1H3,(H2,22,26);1H/t17-,18+,21-;. The fourth-order valence-corrected chi connectivity index (χ4v) is 5.13. The SMILES string of the molecule is CO[C@]1(c2ccnc(C(N)=O)c2)[C@@H]2CCC[C@H]1CN(Cc1ccncc1)C2.Cl. The van der Waals surface area contributed by atoms with Gasteiger partial charge in [-0.2, -0.15) is 0 Å². The first kappa shape index (κ1) is 20.7. The molecular weight excluding hydrogens is 376 g/mol. The zero-order valence-corrected chi connectivity index (χ0v) is 16.9. The molecule has 3 atom stereocenters. The van der Waals surface area contributed by atoms with Gasteiger partial charge in [0.25, 0.3) is 5.91 Å². The first-order valence-electron chi connectivity index (χ1n) is 9.56. The summed E-state index contributed by atoms with van der Waals surface area (Å²) in [5.41, 5.74) is 7.72. The number of amides is 1. The van der Waals surface area contributed by atoms with E-state index in [1.165, 1.54) is 12.0 Å². The molecule has 6 nitrogen and oxygen atoms in total. The predicted molar refractivity (Wildman–Crippen MR) is 109 cm³/mol. The van der Waals surface area contributed by atoms with Crippen LogP contribution < -0.4 is 5.73 Å². The zero-order chi connectivity index (χ0) is 18.9. The van der Waals surface area contributed by atoms with Crippen molar-refractivity contribution in [3.05, 3.63) is 59.7 Å². The highest BCUT2D eigenvalue weighted by atomic mass is 35.5. The molecule has 1 saturated heterocycles. The van der Waals surface area contributed by atoms with Crippen LogP contribution in [0.3, 0.4) is 0 Å². The number of hydrogen-bond acceptors (Lipinski definition) is 5. The van der Waals surface area contributed by atoms with Crippen LogP contribution in [0.25, 0.3) is 0 Å². The Labute approximate surface area is 171 Å². The van der Waals surface area contributed by atoms with Crippen LogP contribution in [-0.2, 0) is 16.9 Å². The number of aromatic nitrogens is 2. The molecule has 1 aliphatic carbocycles. The third-order valence-corrected chi connectivity index (χ3v) is 6.23. The van der Waals surface area contributed by atoms with Crippen molar-refractivity contribution in [1.82, 2.24) is 14.9 Å². The summed E-state index contributed by atoms with van der Waals surface area (Å²) in [6, 6.07) is 7.97. The second kappa shape index (κ2) is 8.55. The van der Waals surface area contributed by atoms with Crippen LogP contribution in [0, 0.1) is 11.8 Å². The van der Waals surface area contributed by atoms with Crippen molar-refractivity contribution in [3.8, 4) is 0 Å². The number of pyridine rings is 2. The quantitative estimate of drug-likeness (QED) is 0.831. The fourth-order valence-electron chi connectivity index (χ4n) is 5.13. The van der Waals surface area contributed by atoms with Gasteiger partial charge in [-0.3, -0.25) is 19.7 Å². The van der Waals surface area contributed by atoms with E-state index < -0.39 is 5.91 Å². The van der Waals surface area contributed by atoms with Gasteiger partial charge in [-0.05, 0) is 48.2 Å². The number of piperidine rings is 1. The van der Waals surface area contributed by atoms with Gasteiger partial charge in [0.1, 0.15) is 11.3 Å². The Morgan fingerprint density at radius 1 is 1.21 bits per heavy atom. The third kappa shape index (κ3) is 3.64. The molecule has 2 aliphatic rings. The largest absolute Gasteiger partial charge is 0.373 e. The van der Waals surface area contributed by atoms with E-state index in [-0.39, 0.29) is 18.0 Å². The lowest BCUT2D eigenvalue weighted by Gasteiger charge is -2.55. The van der Waals surface area contributed by atoms with Crippen LogP contribution in [0.4, 0.5) is 0 Å². The highest BCUT2D eigenvalue weighted by Gasteiger charge is 2.53. The van der Waals surface area contributed by atoms with Gasteiger partial charge in [0.05, 0.1) is 0 Å². The molecule has 3 heterocycles. The van der Waals surface area contributed by atoms with E-state index in [4.69, 9.17) is 10.5 Å². The molecule has 7 heteroatoms. The topological polar surface area (TPSA) is 81.3 Å². The summed E-state index contributed by atoms with van der Waals surface area (Å²) in [6.45, 7) is 2.87. The maximum Gasteiger partial charge on any atom is 0.267 e. The minimum atomic E-state index is -0.497. The molecule has 2 aromatic rings. The maximum atomic E-state index is 11.6. The summed E-state index contributed by atoms with van der Waals surface area (Å²) >= 11 is 0. The number of hydrogen-bond donors (Lipinski definition) is 1. The smallest absolute Gasteiger partial charge is 0.267 e. The van der Waals surface area contributed by atoms with E-state index in [9.17, 15) is 4.79 Å². The molecule has 2 bridgehead atoms. The second-order valence-corrected chi connectivity index (χ2v) is 7.67. The average molecular weight is 403 g/mol. The van der Waals surface area contributed by atoms with Crippen molar-refractivity contribution in [2.24, 2.45) is 17.6 Å². The van der Waals surface area contributed by atoms with Gasteiger partial charge in [-0.15, -0.1) is 12.4 Å². The summed E-state index contributed by atoms with van der Waals surface area (Å²) in [6.07, 6.45) is 8.83. The Hall–Kier alpha value is -2.02. The minimum absolute atomic E-state index is 0. The monoisotopic (exact) mass is 402 g/mol. The number of halogens is 1. The molecule has 1 saturated carbocycles. The normalized spacial score (nSPS) is 27.0. The van der Waals surface area contributed by atoms with E-state index in [2.05, 4.69) is 27.0 Å². The molecule has 1 aliphatic heterocycles. The Bertz CT molecular complexity index is 803. The van der Waals surface area contributed by atoms with E-state index in [1.54, 1.807) is 13.3 Å². The van der Waals surface area contributed by atoms with Crippen LogP contribution >= 0.6 is 12.4 Å². The molecule has 0 aromatic carbocycles. The summed E-state index contributed by atoms with van der Waals surface area (Å²) in [4.78, 5) is 22.4. The average Bonchev–Trinajstić information content (AvgIpc) is 2.68. The van der Waals surface area contributed by atoms with E-state index >= 15 is 0 Å². The number of ether oxygens (including phenoxy) is 1. The Morgan fingerprint density at radius 2 is 1.89 bits per heavy atom. The Kier molecular flexibility index (Phi) is 6.33. The molecule has 2 fully saturated rings. The Balaban J connectivity index is 0.00000225. The molecule has 4 rings (SSSR count). The maximum absolute atomic E-state index is 11.6. The van der Waals surface area contributed by atoms with Crippen molar-refractivity contribution in [2.45, 2.75) is 31.4 Å². The number of fused-ring (bicyclic) bond motifs is 2. The van der Waals surface area contributed by atoms with E-state index in [1.807, 2.05) is 24.5 Å². The van der Waals surface area contributed by atoms with Crippen molar-refractivity contribution in [3.63, 3.8) is 0 Å². The number of likely N-dealkylation sites (tertiary alicyclic amines) is 1. The molecular formula is C21H27ClN4O2. The van der Waals surface area contributed by atoms with E-state index in [0.717, 1.165) is 38.0 Å². The van der Waals surface area contributed by atoms with Gasteiger partial charge in [0.2, 0.25) is 0 Å². The molecule has 150 valence electrons. The number of methoxy groups -OCH3 is 1. The van der Waals surface area contributed by atoms with Gasteiger partial charge in [0, 0.05) is 57.2 Å². The number of nitrogens with two attached hydrogens (primary N) is 1. The van der Waals surface area contributed by atoms with Crippen LogP contribution in [0.2, 0.25) is 0 Å². The van der Waals surface area contributed by atoms with Gasteiger partial charge in [0.15, 0.2) is 0 Å². The second-order valence-electron chi connectivity index (χ2n) is 7.67. The van der Waals surface area contributed by atoms with Crippen molar-refractivity contribution in [2.75, 3.05) is 20.2 Å². The van der Waals surface area contributed by atoms with Gasteiger partial charge in [-0.1, -0.05) is 6.42 Å². The number of rotatable bonds is 5. The zero-order valence-electron chi connectivity index (χ0n) is 16.1.